The fourth-order valence-electron chi connectivity index (χ4n) is 2.38. The van der Waals surface area contributed by atoms with Crippen LogP contribution in [0.4, 0.5) is 4.39 Å². The van der Waals surface area contributed by atoms with Gasteiger partial charge in [0.15, 0.2) is 0 Å². The molecule has 0 bridgehead atoms. The summed E-state index contributed by atoms with van der Waals surface area (Å²) in [5, 5.41) is 3.61. The number of halogens is 2. The van der Waals surface area contributed by atoms with Gasteiger partial charge in [0.25, 0.3) is 0 Å². The molecule has 1 nitrogen and oxygen atoms in total. The lowest BCUT2D eigenvalue weighted by atomic mass is 9.91. The van der Waals surface area contributed by atoms with Gasteiger partial charge < -0.3 is 5.32 Å². The van der Waals surface area contributed by atoms with Crippen molar-refractivity contribution in [2.24, 2.45) is 0 Å². The van der Waals surface area contributed by atoms with Gasteiger partial charge in [-0.05, 0) is 50.4 Å². The minimum Gasteiger partial charge on any atom is -0.310 e. The Kier molecular flexibility index (Phi) is 3.50. The SMILES string of the molecule is Cc1cc(Cl)c(F)c(C2CCCCN2)c1C. The Morgan fingerprint density at radius 3 is 2.75 bits per heavy atom. The van der Waals surface area contributed by atoms with Crippen LogP contribution >= 0.6 is 11.6 Å². The molecule has 1 N–H and O–H groups in total. The van der Waals surface area contributed by atoms with Crippen LogP contribution in [0.5, 0.6) is 0 Å². The molecule has 0 spiro atoms. The van der Waals surface area contributed by atoms with Gasteiger partial charge in [-0.2, -0.15) is 0 Å². The number of nitrogens with one attached hydrogen (secondary N) is 1. The first kappa shape index (κ1) is 11.9. The standard InChI is InChI=1S/C13H17ClFN/c1-8-7-10(14)13(15)12(9(8)2)11-5-3-4-6-16-11/h7,11,16H,3-6H2,1-2H3. The number of aryl methyl sites for hydroxylation is 1. The second-order valence-electron chi connectivity index (χ2n) is 4.53. The van der Waals surface area contributed by atoms with Crippen molar-refractivity contribution in [1.82, 2.24) is 5.32 Å². The van der Waals surface area contributed by atoms with Gasteiger partial charge >= 0.3 is 0 Å². The van der Waals surface area contributed by atoms with Crippen molar-refractivity contribution in [2.75, 3.05) is 6.54 Å². The summed E-state index contributed by atoms with van der Waals surface area (Å²) in [5.41, 5.74) is 2.86. The van der Waals surface area contributed by atoms with Gasteiger partial charge in [0, 0.05) is 11.6 Å². The number of hydrogen-bond donors (Lipinski definition) is 1. The maximum absolute atomic E-state index is 14.1. The second kappa shape index (κ2) is 4.72. The third-order valence-electron chi connectivity index (χ3n) is 3.44. The minimum atomic E-state index is -0.246. The Hall–Kier alpha value is -0.600. The number of piperidine rings is 1. The highest BCUT2D eigenvalue weighted by molar-refractivity contribution is 6.30. The first-order valence-corrected chi connectivity index (χ1v) is 6.17. The molecule has 0 aliphatic carbocycles. The number of hydrogen-bond acceptors (Lipinski definition) is 1. The fourth-order valence-corrected chi connectivity index (χ4v) is 2.65. The summed E-state index contributed by atoms with van der Waals surface area (Å²) >= 11 is 5.91. The summed E-state index contributed by atoms with van der Waals surface area (Å²) in [6.07, 6.45) is 3.33. The summed E-state index contributed by atoms with van der Waals surface area (Å²) in [6.45, 7) is 4.92. The van der Waals surface area contributed by atoms with E-state index in [2.05, 4.69) is 5.32 Å². The van der Waals surface area contributed by atoms with E-state index in [1.165, 1.54) is 6.42 Å². The van der Waals surface area contributed by atoms with E-state index in [-0.39, 0.29) is 16.9 Å². The van der Waals surface area contributed by atoms with Gasteiger partial charge in [-0.25, -0.2) is 4.39 Å². The molecule has 3 heteroatoms. The lowest BCUT2D eigenvalue weighted by Crippen LogP contribution is -2.28. The summed E-state index contributed by atoms with van der Waals surface area (Å²) in [4.78, 5) is 0. The quantitative estimate of drug-likeness (QED) is 0.786. The third kappa shape index (κ3) is 2.09. The van der Waals surface area contributed by atoms with Gasteiger partial charge in [0.05, 0.1) is 5.02 Å². The normalized spacial score (nSPS) is 21.1. The topological polar surface area (TPSA) is 12.0 Å². The number of rotatable bonds is 1. The van der Waals surface area contributed by atoms with Crippen LogP contribution in [0.3, 0.4) is 0 Å². The zero-order valence-corrected chi connectivity index (χ0v) is 10.5. The molecule has 1 aliphatic heterocycles. The van der Waals surface area contributed by atoms with Gasteiger partial charge in [0.2, 0.25) is 0 Å². The van der Waals surface area contributed by atoms with E-state index in [9.17, 15) is 4.39 Å². The molecular formula is C13H17ClFN. The van der Waals surface area contributed by atoms with Crippen molar-refractivity contribution in [1.29, 1.82) is 0 Å². The largest absolute Gasteiger partial charge is 0.310 e. The first-order valence-electron chi connectivity index (χ1n) is 5.79. The Balaban J connectivity index is 2.45. The van der Waals surface area contributed by atoms with Crippen LogP contribution < -0.4 is 5.32 Å². The van der Waals surface area contributed by atoms with Crippen LogP contribution in [0.2, 0.25) is 5.02 Å². The smallest absolute Gasteiger partial charge is 0.146 e. The highest BCUT2D eigenvalue weighted by Crippen LogP contribution is 2.33. The minimum absolute atomic E-state index is 0.131. The van der Waals surface area contributed by atoms with Gasteiger partial charge in [-0.15, -0.1) is 0 Å². The molecule has 1 aromatic rings. The molecule has 0 saturated carbocycles. The summed E-state index contributed by atoms with van der Waals surface area (Å²) in [5.74, 6) is -0.246. The summed E-state index contributed by atoms with van der Waals surface area (Å²) in [7, 11) is 0. The molecule has 0 radical (unpaired) electrons. The Labute approximate surface area is 101 Å². The van der Waals surface area contributed by atoms with E-state index in [1.807, 2.05) is 13.8 Å². The van der Waals surface area contributed by atoms with E-state index in [4.69, 9.17) is 11.6 Å². The monoisotopic (exact) mass is 241 g/mol. The van der Waals surface area contributed by atoms with Gasteiger partial charge in [-0.3, -0.25) is 0 Å². The van der Waals surface area contributed by atoms with Crippen molar-refractivity contribution in [3.05, 3.63) is 33.6 Å². The first-order chi connectivity index (χ1) is 7.61. The van der Waals surface area contributed by atoms with Crippen LogP contribution in [0, 0.1) is 19.7 Å². The van der Waals surface area contributed by atoms with Crippen LogP contribution in [0.1, 0.15) is 42.0 Å². The van der Waals surface area contributed by atoms with Crippen molar-refractivity contribution in [2.45, 2.75) is 39.2 Å². The summed E-state index contributed by atoms with van der Waals surface area (Å²) < 4.78 is 14.1. The lowest BCUT2D eigenvalue weighted by molar-refractivity contribution is 0.398. The molecule has 1 aliphatic rings. The van der Waals surface area contributed by atoms with Crippen molar-refractivity contribution < 1.29 is 4.39 Å². The van der Waals surface area contributed by atoms with E-state index < -0.39 is 0 Å². The Bertz CT molecular complexity index is 371. The van der Waals surface area contributed by atoms with Crippen LogP contribution in [-0.4, -0.2) is 6.54 Å². The molecule has 0 aromatic heterocycles. The molecule has 1 unspecified atom stereocenters. The molecule has 1 saturated heterocycles. The van der Waals surface area contributed by atoms with Crippen molar-refractivity contribution in [3.8, 4) is 0 Å². The molecule has 0 amide bonds. The van der Waals surface area contributed by atoms with Gasteiger partial charge in [-0.1, -0.05) is 18.0 Å². The molecule has 2 rings (SSSR count). The predicted octanol–water partition coefficient (Wildman–Crippen LogP) is 3.91. The predicted molar refractivity (Wildman–Crippen MR) is 65.5 cm³/mol. The Morgan fingerprint density at radius 1 is 1.38 bits per heavy atom. The van der Waals surface area contributed by atoms with E-state index in [0.717, 1.165) is 36.1 Å². The molecule has 16 heavy (non-hydrogen) atoms. The number of benzene rings is 1. The zero-order valence-electron chi connectivity index (χ0n) is 9.74. The zero-order chi connectivity index (χ0) is 11.7. The summed E-state index contributed by atoms with van der Waals surface area (Å²) in [6, 6.07) is 1.84. The highest BCUT2D eigenvalue weighted by Gasteiger charge is 2.22. The van der Waals surface area contributed by atoms with E-state index in [1.54, 1.807) is 6.07 Å². The van der Waals surface area contributed by atoms with Crippen LogP contribution in [-0.2, 0) is 0 Å². The van der Waals surface area contributed by atoms with E-state index in [0.29, 0.717) is 0 Å². The second-order valence-corrected chi connectivity index (χ2v) is 4.94. The third-order valence-corrected chi connectivity index (χ3v) is 3.72. The Morgan fingerprint density at radius 2 is 2.12 bits per heavy atom. The average molecular weight is 242 g/mol. The molecule has 1 heterocycles. The molecule has 1 fully saturated rings. The van der Waals surface area contributed by atoms with Crippen LogP contribution in [0.25, 0.3) is 0 Å². The maximum Gasteiger partial charge on any atom is 0.146 e. The van der Waals surface area contributed by atoms with Crippen LogP contribution in [0.15, 0.2) is 6.07 Å². The molecular weight excluding hydrogens is 225 g/mol. The van der Waals surface area contributed by atoms with Gasteiger partial charge in [0.1, 0.15) is 5.82 Å². The van der Waals surface area contributed by atoms with Crippen molar-refractivity contribution >= 4 is 11.6 Å². The molecule has 1 atom stereocenters. The lowest BCUT2D eigenvalue weighted by Gasteiger charge is -2.26. The average Bonchev–Trinajstić information content (AvgIpc) is 2.28. The molecule has 88 valence electrons. The molecule has 1 aromatic carbocycles. The highest BCUT2D eigenvalue weighted by atomic mass is 35.5. The van der Waals surface area contributed by atoms with Crippen molar-refractivity contribution in [3.63, 3.8) is 0 Å². The maximum atomic E-state index is 14.1. The van der Waals surface area contributed by atoms with E-state index >= 15 is 0 Å². The fraction of sp³-hybridized carbons (Fsp3) is 0.538.